The first-order valence-corrected chi connectivity index (χ1v) is 11.0. The van der Waals surface area contributed by atoms with E-state index in [0.717, 1.165) is 34.0 Å². The maximum atomic E-state index is 13.5. The standard InChI is InChI=1S/C26H23FN6O2/c1-17-14-32(15-29-17)22-10-9-20(12-24(22)35-2)30-21-4-3-11-33-23(13-28-16-34)25(31-26(21)33)18-5-7-19(27)8-6-18/h3-12,14-16,30H,13H2,1-2H3,(H,28,34). The van der Waals surface area contributed by atoms with E-state index in [2.05, 4.69) is 15.6 Å². The maximum Gasteiger partial charge on any atom is 0.207 e. The second-order valence-corrected chi connectivity index (χ2v) is 7.96. The lowest BCUT2D eigenvalue weighted by molar-refractivity contribution is -0.109. The van der Waals surface area contributed by atoms with Crippen LogP contribution in [0.5, 0.6) is 5.75 Å². The average Bonchev–Trinajstić information content (AvgIpc) is 3.47. The van der Waals surface area contributed by atoms with Gasteiger partial charge in [-0.25, -0.2) is 14.4 Å². The average molecular weight is 471 g/mol. The minimum absolute atomic E-state index is 0.272. The molecule has 9 heteroatoms. The van der Waals surface area contributed by atoms with Crippen LogP contribution in [0.4, 0.5) is 15.8 Å². The smallest absolute Gasteiger partial charge is 0.207 e. The molecule has 5 aromatic rings. The molecule has 5 rings (SSSR count). The molecule has 0 unspecified atom stereocenters. The van der Waals surface area contributed by atoms with Gasteiger partial charge in [0.05, 0.1) is 48.4 Å². The molecule has 2 aromatic carbocycles. The van der Waals surface area contributed by atoms with E-state index in [-0.39, 0.29) is 12.4 Å². The van der Waals surface area contributed by atoms with Crippen molar-refractivity contribution in [3.05, 3.63) is 90.5 Å². The Morgan fingerprint density at radius 2 is 1.97 bits per heavy atom. The Balaban J connectivity index is 1.56. The molecule has 3 heterocycles. The van der Waals surface area contributed by atoms with Crippen molar-refractivity contribution in [3.8, 4) is 22.7 Å². The number of fused-ring (bicyclic) bond motifs is 1. The molecule has 35 heavy (non-hydrogen) atoms. The van der Waals surface area contributed by atoms with Crippen molar-refractivity contribution in [3.63, 3.8) is 0 Å². The Labute approximate surface area is 201 Å². The van der Waals surface area contributed by atoms with E-state index in [4.69, 9.17) is 9.72 Å². The van der Waals surface area contributed by atoms with Crippen LogP contribution in [0.15, 0.2) is 73.3 Å². The minimum atomic E-state index is -0.323. The van der Waals surface area contributed by atoms with Crippen molar-refractivity contribution in [2.24, 2.45) is 0 Å². The van der Waals surface area contributed by atoms with E-state index in [1.807, 2.05) is 58.6 Å². The third-order valence-corrected chi connectivity index (χ3v) is 5.67. The molecule has 0 spiro atoms. The fraction of sp³-hybridized carbons (Fsp3) is 0.115. The molecule has 2 N–H and O–H groups in total. The van der Waals surface area contributed by atoms with E-state index in [9.17, 15) is 9.18 Å². The number of rotatable bonds is 8. The zero-order chi connectivity index (χ0) is 24.4. The molecule has 0 atom stereocenters. The summed E-state index contributed by atoms with van der Waals surface area (Å²) < 4.78 is 23.0. The summed E-state index contributed by atoms with van der Waals surface area (Å²) in [4.78, 5) is 20.1. The molecule has 0 radical (unpaired) electrons. The Morgan fingerprint density at radius 3 is 2.69 bits per heavy atom. The van der Waals surface area contributed by atoms with E-state index in [0.29, 0.717) is 23.5 Å². The minimum Gasteiger partial charge on any atom is -0.494 e. The van der Waals surface area contributed by atoms with Gasteiger partial charge in [0.25, 0.3) is 0 Å². The van der Waals surface area contributed by atoms with Gasteiger partial charge >= 0.3 is 0 Å². The second-order valence-electron chi connectivity index (χ2n) is 7.96. The van der Waals surface area contributed by atoms with Crippen molar-refractivity contribution in [2.75, 3.05) is 12.4 Å². The first kappa shape index (κ1) is 22.1. The van der Waals surface area contributed by atoms with Gasteiger partial charge in [-0.15, -0.1) is 0 Å². The van der Waals surface area contributed by atoms with Gasteiger partial charge in [0.1, 0.15) is 11.6 Å². The molecule has 0 saturated heterocycles. The first-order chi connectivity index (χ1) is 17.1. The normalized spacial score (nSPS) is 10.9. The number of carbonyl (C=O) groups is 1. The fourth-order valence-corrected chi connectivity index (χ4v) is 4.04. The van der Waals surface area contributed by atoms with Crippen molar-refractivity contribution < 1.29 is 13.9 Å². The number of aromatic nitrogens is 4. The van der Waals surface area contributed by atoms with Gasteiger partial charge in [0.15, 0.2) is 5.65 Å². The maximum absolute atomic E-state index is 13.5. The van der Waals surface area contributed by atoms with E-state index >= 15 is 0 Å². The molecule has 0 aliphatic heterocycles. The van der Waals surface area contributed by atoms with Crippen LogP contribution in [0.1, 0.15) is 11.4 Å². The first-order valence-electron chi connectivity index (χ1n) is 11.0. The molecule has 176 valence electrons. The molecule has 1 amide bonds. The molecular formula is C26H23FN6O2. The van der Waals surface area contributed by atoms with E-state index in [1.54, 1.807) is 25.6 Å². The highest BCUT2D eigenvalue weighted by Gasteiger charge is 2.17. The number of amides is 1. The lowest BCUT2D eigenvalue weighted by Crippen LogP contribution is -2.12. The number of imidazole rings is 2. The number of benzene rings is 2. The zero-order valence-corrected chi connectivity index (χ0v) is 19.2. The number of aryl methyl sites for hydroxylation is 1. The van der Waals surface area contributed by atoms with Gasteiger partial charge in [-0.1, -0.05) is 0 Å². The summed E-state index contributed by atoms with van der Waals surface area (Å²) >= 11 is 0. The quantitative estimate of drug-likeness (QED) is 0.323. The number of ether oxygens (including phenoxy) is 1. The van der Waals surface area contributed by atoms with Crippen LogP contribution in [0.2, 0.25) is 0 Å². The van der Waals surface area contributed by atoms with Gasteiger partial charge in [0.2, 0.25) is 6.41 Å². The second kappa shape index (κ2) is 9.30. The summed E-state index contributed by atoms with van der Waals surface area (Å²) in [6.45, 7) is 2.21. The van der Waals surface area contributed by atoms with Crippen LogP contribution in [0.3, 0.4) is 0 Å². The monoisotopic (exact) mass is 470 g/mol. The molecule has 0 saturated carbocycles. The summed E-state index contributed by atoms with van der Waals surface area (Å²) in [6, 6.07) is 15.8. The van der Waals surface area contributed by atoms with Gasteiger partial charge in [-0.3, -0.25) is 9.20 Å². The lowest BCUT2D eigenvalue weighted by Gasteiger charge is -2.13. The van der Waals surface area contributed by atoms with Gasteiger partial charge in [-0.2, -0.15) is 0 Å². The number of carbonyl (C=O) groups excluding carboxylic acids is 1. The van der Waals surface area contributed by atoms with E-state index < -0.39 is 0 Å². The number of methoxy groups -OCH3 is 1. The van der Waals surface area contributed by atoms with Crippen LogP contribution in [0, 0.1) is 12.7 Å². The SMILES string of the molecule is COc1cc(Nc2cccn3c(CNC=O)c(-c4ccc(F)cc4)nc23)ccc1-n1cnc(C)c1. The van der Waals surface area contributed by atoms with Crippen LogP contribution in [-0.2, 0) is 11.3 Å². The van der Waals surface area contributed by atoms with Crippen molar-refractivity contribution in [1.29, 1.82) is 0 Å². The molecular weight excluding hydrogens is 447 g/mol. The predicted molar refractivity (Wildman–Crippen MR) is 132 cm³/mol. The summed E-state index contributed by atoms with van der Waals surface area (Å²) in [6.07, 6.45) is 6.21. The summed E-state index contributed by atoms with van der Waals surface area (Å²) in [5, 5.41) is 6.14. The lowest BCUT2D eigenvalue weighted by atomic mass is 10.1. The summed E-state index contributed by atoms with van der Waals surface area (Å²) in [5.74, 6) is 0.362. The van der Waals surface area contributed by atoms with Gasteiger partial charge < -0.3 is 19.9 Å². The number of anilines is 2. The Kier molecular flexibility index (Phi) is 5.88. The summed E-state index contributed by atoms with van der Waals surface area (Å²) in [5.41, 5.74) is 6.24. The Bertz CT molecular complexity index is 1510. The highest BCUT2D eigenvalue weighted by Crippen LogP contribution is 2.32. The Hall–Kier alpha value is -4.66. The largest absolute Gasteiger partial charge is 0.494 e. The topological polar surface area (TPSA) is 85.5 Å². The summed E-state index contributed by atoms with van der Waals surface area (Å²) in [7, 11) is 1.63. The van der Waals surface area contributed by atoms with Crippen molar-refractivity contribution in [1.82, 2.24) is 24.3 Å². The highest BCUT2D eigenvalue weighted by molar-refractivity contribution is 5.79. The van der Waals surface area contributed by atoms with E-state index in [1.165, 1.54) is 12.1 Å². The molecule has 0 aliphatic carbocycles. The van der Waals surface area contributed by atoms with Crippen molar-refractivity contribution in [2.45, 2.75) is 13.5 Å². The third kappa shape index (κ3) is 4.31. The van der Waals surface area contributed by atoms with Crippen LogP contribution < -0.4 is 15.4 Å². The fourth-order valence-electron chi connectivity index (χ4n) is 4.04. The molecule has 0 fully saturated rings. The van der Waals surface area contributed by atoms with Gasteiger partial charge in [0, 0.05) is 29.7 Å². The number of hydrogen-bond donors (Lipinski definition) is 2. The molecule has 8 nitrogen and oxygen atoms in total. The van der Waals surface area contributed by atoms with Crippen LogP contribution in [-0.4, -0.2) is 32.5 Å². The third-order valence-electron chi connectivity index (χ3n) is 5.67. The predicted octanol–water partition coefficient (Wildman–Crippen LogP) is 4.63. The number of halogens is 1. The highest BCUT2D eigenvalue weighted by atomic mass is 19.1. The zero-order valence-electron chi connectivity index (χ0n) is 19.2. The Morgan fingerprint density at radius 1 is 1.14 bits per heavy atom. The van der Waals surface area contributed by atoms with Gasteiger partial charge in [-0.05, 0) is 55.5 Å². The van der Waals surface area contributed by atoms with Crippen LogP contribution >= 0.6 is 0 Å². The molecule has 0 aliphatic rings. The number of hydrogen-bond acceptors (Lipinski definition) is 5. The van der Waals surface area contributed by atoms with Crippen molar-refractivity contribution >= 4 is 23.4 Å². The number of nitrogens with zero attached hydrogens (tertiary/aromatic N) is 4. The number of nitrogens with one attached hydrogen (secondary N) is 2. The molecule has 3 aromatic heterocycles. The number of pyridine rings is 1. The van der Waals surface area contributed by atoms with Crippen LogP contribution in [0.25, 0.3) is 22.6 Å². The molecule has 0 bridgehead atoms.